The Morgan fingerprint density at radius 3 is 2.67 bits per heavy atom. The second-order valence-corrected chi connectivity index (χ2v) is 5.44. The van der Waals surface area contributed by atoms with Gasteiger partial charge in [0.1, 0.15) is 11.6 Å². The Bertz CT molecular complexity index is 604. The number of nitrogens with zero attached hydrogens (tertiary/aromatic N) is 3. The highest BCUT2D eigenvalue weighted by Crippen LogP contribution is 2.36. The van der Waals surface area contributed by atoms with E-state index < -0.39 is 0 Å². The molecule has 1 aromatic heterocycles. The number of para-hydroxylation sites is 1. The highest BCUT2D eigenvalue weighted by Gasteiger charge is 2.18. The minimum Gasteiger partial charge on any atom is -0.496 e. The molecule has 1 atom stereocenters. The summed E-state index contributed by atoms with van der Waals surface area (Å²) in [6.45, 7) is 9.44. The fourth-order valence-corrected chi connectivity index (χ4v) is 2.52. The highest BCUT2D eigenvalue weighted by atomic mass is 16.5. The van der Waals surface area contributed by atoms with E-state index in [-0.39, 0.29) is 0 Å². The van der Waals surface area contributed by atoms with Gasteiger partial charge in [0.15, 0.2) is 5.82 Å². The number of ether oxygens (including phenoxy) is 1. The Morgan fingerprint density at radius 2 is 2.05 bits per heavy atom. The molecule has 2 aromatic rings. The number of aryl methyl sites for hydroxylation is 2. The third-order valence-corrected chi connectivity index (χ3v) is 3.93. The van der Waals surface area contributed by atoms with Crippen molar-refractivity contribution < 1.29 is 4.74 Å². The van der Waals surface area contributed by atoms with Gasteiger partial charge in [0, 0.05) is 6.54 Å². The van der Waals surface area contributed by atoms with Crippen LogP contribution in [-0.2, 0) is 6.54 Å². The zero-order chi connectivity index (χ0) is 15.4. The lowest BCUT2D eigenvalue weighted by atomic mass is 9.95. The van der Waals surface area contributed by atoms with Gasteiger partial charge in [-0.1, -0.05) is 32.9 Å². The predicted octanol–water partition coefficient (Wildman–Crippen LogP) is 4.19. The van der Waals surface area contributed by atoms with Crippen molar-refractivity contribution in [2.45, 2.75) is 53.0 Å². The van der Waals surface area contributed by atoms with Crippen LogP contribution in [0.2, 0.25) is 0 Å². The molecule has 0 N–H and O–H groups in total. The van der Waals surface area contributed by atoms with Crippen LogP contribution in [0.25, 0.3) is 11.4 Å². The van der Waals surface area contributed by atoms with Crippen molar-refractivity contribution in [2.75, 3.05) is 7.11 Å². The van der Waals surface area contributed by atoms with Gasteiger partial charge >= 0.3 is 0 Å². The topological polar surface area (TPSA) is 39.9 Å². The van der Waals surface area contributed by atoms with E-state index in [4.69, 9.17) is 4.74 Å². The first kappa shape index (κ1) is 15.5. The molecule has 0 saturated carbocycles. The first-order chi connectivity index (χ1) is 10.1. The lowest BCUT2D eigenvalue weighted by Crippen LogP contribution is -2.02. The molecular formula is C17H25N3O. The average molecular weight is 287 g/mol. The molecule has 2 rings (SSSR count). The third-order valence-electron chi connectivity index (χ3n) is 3.93. The summed E-state index contributed by atoms with van der Waals surface area (Å²) >= 11 is 0. The smallest absolute Gasteiger partial charge is 0.185 e. The van der Waals surface area contributed by atoms with Crippen molar-refractivity contribution in [3.63, 3.8) is 0 Å². The highest BCUT2D eigenvalue weighted by molar-refractivity contribution is 5.67. The number of rotatable bonds is 6. The minimum atomic E-state index is 0.457. The SMILES string of the molecule is CCCn1nc(-c2cccc(C(C)CC)c2OC)nc1C. The van der Waals surface area contributed by atoms with Gasteiger partial charge in [0.25, 0.3) is 0 Å². The monoisotopic (exact) mass is 287 g/mol. The second kappa shape index (κ2) is 6.74. The second-order valence-electron chi connectivity index (χ2n) is 5.44. The Hall–Kier alpha value is -1.84. The van der Waals surface area contributed by atoms with Crippen LogP contribution in [0.3, 0.4) is 0 Å². The van der Waals surface area contributed by atoms with Gasteiger partial charge in [-0.2, -0.15) is 5.10 Å². The van der Waals surface area contributed by atoms with E-state index >= 15 is 0 Å². The van der Waals surface area contributed by atoms with E-state index in [0.717, 1.165) is 42.3 Å². The van der Waals surface area contributed by atoms with Crippen molar-refractivity contribution >= 4 is 0 Å². The van der Waals surface area contributed by atoms with Gasteiger partial charge in [-0.15, -0.1) is 0 Å². The quantitative estimate of drug-likeness (QED) is 0.800. The molecular weight excluding hydrogens is 262 g/mol. The van der Waals surface area contributed by atoms with Crippen molar-refractivity contribution in [1.82, 2.24) is 14.8 Å². The third kappa shape index (κ3) is 3.09. The molecule has 4 nitrogen and oxygen atoms in total. The Balaban J connectivity index is 2.50. The number of methoxy groups -OCH3 is 1. The molecule has 0 bridgehead atoms. The van der Waals surface area contributed by atoms with Crippen LogP contribution in [0.15, 0.2) is 18.2 Å². The van der Waals surface area contributed by atoms with Gasteiger partial charge in [0.05, 0.1) is 12.7 Å². The van der Waals surface area contributed by atoms with Crippen LogP contribution >= 0.6 is 0 Å². The standard InChI is InChI=1S/C17H25N3O/c1-6-11-20-13(4)18-17(19-20)15-10-8-9-14(12(3)7-2)16(15)21-5/h8-10,12H,6-7,11H2,1-5H3. The lowest BCUT2D eigenvalue weighted by molar-refractivity contribution is 0.407. The first-order valence-electron chi connectivity index (χ1n) is 7.71. The van der Waals surface area contributed by atoms with E-state index in [9.17, 15) is 0 Å². The molecule has 0 amide bonds. The summed E-state index contributed by atoms with van der Waals surface area (Å²) in [6, 6.07) is 6.23. The molecule has 0 spiro atoms. The molecule has 0 aliphatic heterocycles. The molecule has 0 fully saturated rings. The maximum absolute atomic E-state index is 5.67. The maximum Gasteiger partial charge on any atom is 0.185 e. The van der Waals surface area contributed by atoms with Crippen molar-refractivity contribution in [2.24, 2.45) is 0 Å². The van der Waals surface area contributed by atoms with Crippen LogP contribution in [0.5, 0.6) is 5.75 Å². The maximum atomic E-state index is 5.67. The lowest BCUT2D eigenvalue weighted by Gasteiger charge is -2.16. The van der Waals surface area contributed by atoms with E-state index in [1.807, 2.05) is 17.7 Å². The summed E-state index contributed by atoms with van der Waals surface area (Å²) < 4.78 is 7.64. The van der Waals surface area contributed by atoms with E-state index in [1.54, 1.807) is 7.11 Å². The molecule has 0 radical (unpaired) electrons. The molecule has 0 aliphatic carbocycles. The number of hydrogen-bond donors (Lipinski definition) is 0. The Labute approximate surface area is 127 Å². The van der Waals surface area contributed by atoms with Crippen molar-refractivity contribution in [3.05, 3.63) is 29.6 Å². The molecule has 0 aliphatic rings. The first-order valence-corrected chi connectivity index (χ1v) is 7.71. The van der Waals surface area contributed by atoms with Gasteiger partial charge in [-0.3, -0.25) is 0 Å². The van der Waals surface area contributed by atoms with Crippen LogP contribution in [-0.4, -0.2) is 21.9 Å². The predicted molar refractivity (Wildman–Crippen MR) is 85.7 cm³/mol. The van der Waals surface area contributed by atoms with Gasteiger partial charge in [0.2, 0.25) is 0 Å². The molecule has 1 heterocycles. The minimum absolute atomic E-state index is 0.457. The van der Waals surface area contributed by atoms with Crippen molar-refractivity contribution in [3.8, 4) is 17.1 Å². The molecule has 4 heteroatoms. The zero-order valence-electron chi connectivity index (χ0n) is 13.7. The molecule has 114 valence electrons. The summed E-state index contributed by atoms with van der Waals surface area (Å²) in [5.41, 5.74) is 2.20. The zero-order valence-corrected chi connectivity index (χ0v) is 13.7. The van der Waals surface area contributed by atoms with E-state index in [1.165, 1.54) is 5.56 Å². The number of aromatic nitrogens is 3. The van der Waals surface area contributed by atoms with E-state index in [0.29, 0.717) is 5.92 Å². The summed E-state index contributed by atoms with van der Waals surface area (Å²) in [6.07, 6.45) is 2.13. The van der Waals surface area contributed by atoms with Crippen LogP contribution < -0.4 is 4.74 Å². The molecule has 1 aromatic carbocycles. The molecule has 1 unspecified atom stereocenters. The van der Waals surface area contributed by atoms with Crippen LogP contribution in [0, 0.1) is 6.92 Å². The van der Waals surface area contributed by atoms with Crippen LogP contribution in [0.4, 0.5) is 0 Å². The Kier molecular flexibility index (Phi) is 4.99. The fourth-order valence-electron chi connectivity index (χ4n) is 2.52. The number of benzene rings is 1. The average Bonchev–Trinajstić information content (AvgIpc) is 2.87. The fraction of sp³-hybridized carbons (Fsp3) is 0.529. The normalized spacial score (nSPS) is 12.4. The number of hydrogen-bond acceptors (Lipinski definition) is 3. The van der Waals surface area contributed by atoms with E-state index in [2.05, 4.69) is 43.0 Å². The van der Waals surface area contributed by atoms with Crippen molar-refractivity contribution in [1.29, 1.82) is 0 Å². The van der Waals surface area contributed by atoms with Gasteiger partial charge in [-0.05, 0) is 37.3 Å². The summed E-state index contributed by atoms with van der Waals surface area (Å²) in [5.74, 6) is 3.06. The largest absolute Gasteiger partial charge is 0.496 e. The summed E-state index contributed by atoms with van der Waals surface area (Å²) in [5, 5.41) is 4.63. The van der Waals surface area contributed by atoms with Gasteiger partial charge < -0.3 is 4.74 Å². The Morgan fingerprint density at radius 1 is 1.29 bits per heavy atom. The summed E-state index contributed by atoms with van der Waals surface area (Å²) in [4.78, 5) is 4.61. The summed E-state index contributed by atoms with van der Waals surface area (Å²) in [7, 11) is 1.72. The molecule has 21 heavy (non-hydrogen) atoms. The molecule has 0 saturated heterocycles. The van der Waals surface area contributed by atoms with Crippen LogP contribution in [0.1, 0.15) is 50.9 Å². The van der Waals surface area contributed by atoms with Gasteiger partial charge in [-0.25, -0.2) is 9.67 Å².